The van der Waals surface area contributed by atoms with Crippen molar-refractivity contribution in [3.05, 3.63) is 18.1 Å². The third-order valence-corrected chi connectivity index (χ3v) is 5.25. The Morgan fingerprint density at radius 1 is 1.13 bits per heavy atom. The van der Waals surface area contributed by atoms with Crippen molar-refractivity contribution in [2.75, 3.05) is 18.4 Å². The lowest BCUT2D eigenvalue weighted by atomic mass is 9.88. The third kappa shape index (κ3) is 4.19. The molecule has 2 N–H and O–H groups in total. The zero-order chi connectivity index (χ0) is 16.2. The minimum absolute atomic E-state index is 0.0152. The van der Waals surface area contributed by atoms with E-state index in [0.29, 0.717) is 11.9 Å². The van der Waals surface area contributed by atoms with Gasteiger partial charge in [0.05, 0.1) is 12.4 Å². The number of carbonyl (C=O) groups is 1. The smallest absolute Gasteiger partial charge is 0.356 e. The summed E-state index contributed by atoms with van der Waals surface area (Å²) in [5.74, 6) is 0.516. The van der Waals surface area contributed by atoms with Gasteiger partial charge in [-0.3, -0.25) is 0 Å². The minimum atomic E-state index is -1.04. The van der Waals surface area contributed by atoms with E-state index in [4.69, 9.17) is 5.11 Å². The number of aromatic nitrogens is 2. The summed E-state index contributed by atoms with van der Waals surface area (Å²) in [4.78, 5) is 21.5. The van der Waals surface area contributed by atoms with Gasteiger partial charge in [0, 0.05) is 12.1 Å². The summed E-state index contributed by atoms with van der Waals surface area (Å²) in [5, 5.41) is 12.2. The second-order valence-electron chi connectivity index (χ2n) is 6.96. The Hall–Kier alpha value is -1.69. The van der Waals surface area contributed by atoms with E-state index in [-0.39, 0.29) is 5.69 Å². The molecule has 1 saturated heterocycles. The van der Waals surface area contributed by atoms with Crippen molar-refractivity contribution in [1.29, 1.82) is 0 Å². The zero-order valence-corrected chi connectivity index (χ0v) is 13.7. The average Bonchev–Trinajstić information content (AvgIpc) is 2.57. The van der Waals surface area contributed by atoms with Gasteiger partial charge < -0.3 is 15.3 Å². The number of hydrogen-bond donors (Lipinski definition) is 2. The van der Waals surface area contributed by atoms with Crippen LogP contribution in [-0.4, -0.2) is 51.1 Å². The molecule has 6 heteroatoms. The van der Waals surface area contributed by atoms with Crippen molar-refractivity contribution in [2.24, 2.45) is 5.92 Å². The van der Waals surface area contributed by atoms with Gasteiger partial charge in [0.2, 0.25) is 0 Å². The van der Waals surface area contributed by atoms with Gasteiger partial charge in [-0.25, -0.2) is 14.8 Å². The molecule has 6 nitrogen and oxygen atoms in total. The maximum absolute atomic E-state index is 10.8. The molecule has 0 spiro atoms. The predicted octanol–water partition coefficient (Wildman–Crippen LogP) is 2.63. The highest BCUT2D eigenvalue weighted by Crippen LogP contribution is 2.28. The van der Waals surface area contributed by atoms with Crippen molar-refractivity contribution < 1.29 is 9.90 Å². The molecule has 3 rings (SSSR count). The van der Waals surface area contributed by atoms with Crippen LogP contribution in [0.3, 0.4) is 0 Å². The molecule has 0 bridgehead atoms. The van der Waals surface area contributed by atoms with E-state index >= 15 is 0 Å². The number of hydrogen-bond acceptors (Lipinski definition) is 5. The van der Waals surface area contributed by atoms with E-state index in [9.17, 15) is 4.79 Å². The van der Waals surface area contributed by atoms with Crippen LogP contribution in [0.25, 0.3) is 0 Å². The Labute approximate surface area is 137 Å². The van der Waals surface area contributed by atoms with Gasteiger partial charge >= 0.3 is 5.97 Å². The summed E-state index contributed by atoms with van der Waals surface area (Å²) in [6.45, 7) is 4.87. The highest BCUT2D eigenvalue weighted by Gasteiger charge is 2.28. The second kappa shape index (κ2) is 7.25. The van der Waals surface area contributed by atoms with Crippen LogP contribution in [0.4, 0.5) is 5.82 Å². The van der Waals surface area contributed by atoms with Gasteiger partial charge in [0.15, 0.2) is 5.69 Å². The molecule has 2 heterocycles. The fourth-order valence-corrected chi connectivity index (χ4v) is 3.70. The molecule has 1 aliphatic heterocycles. The molecule has 0 aromatic carbocycles. The maximum atomic E-state index is 10.8. The van der Waals surface area contributed by atoms with E-state index in [0.717, 1.165) is 24.8 Å². The van der Waals surface area contributed by atoms with Crippen LogP contribution in [0.5, 0.6) is 0 Å². The summed E-state index contributed by atoms with van der Waals surface area (Å²) in [7, 11) is 0. The molecule has 2 aliphatic rings. The Morgan fingerprint density at radius 3 is 2.39 bits per heavy atom. The van der Waals surface area contributed by atoms with E-state index < -0.39 is 5.97 Å². The Bertz CT molecular complexity index is 518. The van der Waals surface area contributed by atoms with Gasteiger partial charge in [-0.05, 0) is 57.5 Å². The van der Waals surface area contributed by atoms with Gasteiger partial charge in [0.1, 0.15) is 5.82 Å². The summed E-state index contributed by atoms with van der Waals surface area (Å²) in [5.41, 5.74) is -0.0152. The van der Waals surface area contributed by atoms with E-state index in [1.165, 1.54) is 51.2 Å². The molecule has 0 radical (unpaired) electrons. The number of aromatic carboxylic acids is 1. The number of rotatable bonds is 4. The molecular formula is C17H26N4O2. The standard InChI is InChI=1S/C17H26N4O2/c1-12-6-8-21(9-7-12)14-4-2-13(3-5-14)20-16-11-18-15(10-19-16)17(22)23/h10-14H,2-9H2,1H3,(H,19,20)(H,22,23). The topological polar surface area (TPSA) is 78.4 Å². The molecule has 0 atom stereocenters. The van der Waals surface area contributed by atoms with Crippen LogP contribution in [0.1, 0.15) is 55.9 Å². The molecule has 1 aliphatic carbocycles. The van der Waals surface area contributed by atoms with Crippen molar-refractivity contribution in [1.82, 2.24) is 14.9 Å². The molecule has 1 aromatic rings. The van der Waals surface area contributed by atoms with Crippen LogP contribution in [0.2, 0.25) is 0 Å². The molecule has 1 saturated carbocycles. The summed E-state index contributed by atoms with van der Waals surface area (Å²) in [6, 6.07) is 1.15. The van der Waals surface area contributed by atoms with Crippen LogP contribution in [0.15, 0.2) is 12.4 Å². The van der Waals surface area contributed by atoms with Crippen LogP contribution in [-0.2, 0) is 0 Å². The Balaban J connectivity index is 1.46. The average molecular weight is 318 g/mol. The first-order valence-electron chi connectivity index (χ1n) is 8.67. The second-order valence-corrected chi connectivity index (χ2v) is 6.96. The van der Waals surface area contributed by atoms with Crippen molar-refractivity contribution >= 4 is 11.8 Å². The lowest BCUT2D eigenvalue weighted by molar-refractivity contribution is 0.0690. The van der Waals surface area contributed by atoms with Gasteiger partial charge in [-0.1, -0.05) is 6.92 Å². The normalized spacial score (nSPS) is 26.8. The lowest BCUT2D eigenvalue weighted by Gasteiger charge is -2.40. The van der Waals surface area contributed by atoms with Gasteiger partial charge in [0.25, 0.3) is 0 Å². The molecule has 126 valence electrons. The molecule has 23 heavy (non-hydrogen) atoms. The van der Waals surface area contributed by atoms with Crippen molar-refractivity contribution in [3.8, 4) is 0 Å². The SMILES string of the molecule is CC1CCN(C2CCC(Nc3cnc(C(=O)O)cn3)CC2)CC1. The lowest BCUT2D eigenvalue weighted by Crippen LogP contribution is -2.44. The highest BCUT2D eigenvalue weighted by molar-refractivity contribution is 5.84. The Kier molecular flexibility index (Phi) is 5.10. The van der Waals surface area contributed by atoms with E-state index in [2.05, 4.69) is 27.1 Å². The summed E-state index contributed by atoms with van der Waals surface area (Å²) < 4.78 is 0. The summed E-state index contributed by atoms with van der Waals surface area (Å²) in [6.07, 6.45) is 10.2. The fourth-order valence-electron chi connectivity index (χ4n) is 3.70. The first-order chi connectivity index (χ1) is 11.1. The quantitative estimate of drug-likeness (QED) is 0.888. The molecule has 0 unspecified atom stereocenters. The third-order valence-electron chi connectivity index (χ3n) is 5.25. The van der Waals surface area contributed by atoms with Gasteiger partial charge in [-0.2, -0.15) is 0 Å². The minimum Gasteiger partial charge on any atom is -0.476 e. The largest absolute Gasteiger partial charge is 0.476 e. The van der Waals surface area contributed by atoms with E-state index in [1.54, 1.807) is 0 Å². The molecule has 1 aromatic heterocycles. The number of nitrogens with one attached hydrogen (secondary N) is 1. The van der Waals surface area contributed by atoms with Crippen LogP contribution < -0.4 is 5.32 Å². The number of carboxylic acids is 1. The number of nitrogens with zero attached hydrogens (tertiary/aromatic N) is 3. The summed E-state index contributed by atoms with van der Waals surface area (Å²) >= 11 is 0. The predicted molar refractivity (Wildman–Crippen MR) is 88.6 cm³/mol. The van der Waals surface area contributed by atoms with Crippen LogP contribution in [0, 0.1) is 5.92 Å². The Morgan fingerprint density at radius 2 is 1.83 bits per heavy atom. The number of likely N-dealkylation sites (tertiary alicyclic amines) is 1. The fraction of sp³-hybridized carbons (Fsp3) is 0.706. The maximum Gasteiger partial charge on any atom is 0.356 e. The van der Waals surface area contributed by atoms with Crippen LogP contribution >= 0.6 is 0 Å². The highest BCUT2D eigenvalue weighted by atomic mass is 16.4. The number of anilines is 1. The monoisotopic (exact) mass is 318 g/mol. The molecular weight excluding hydrogens is 292 g/mol. The number of piperidine rings is 1. The van der Waals surface area contributed by atoms with Crippen molar-refractivity contribution in [3.63, 3.8) is 0 Å². The zero-order valence-electron chi connectivity index (χ0n) is 13.7. The molecule has 2 fully saturated rings. The van der Waals surface area contributed by atoms with Crippen molar-refractivity contribution in [2.45, 2.75) is 57.5 Å². The van der Waals surface area contributed by atoms with E-state index in [1.807, 2.05) is 0 Å². The van der Waals surface area contributed by atoms with Gasteiger partial charge in [-0.15, -0.1) is 0 Å². The molecule has 0 amide bonds. The number of carboxylic acid groups (broad SMARTS) is 1. The first kappa shape index (κ1) is 16.2. The first-order valence-corrected chi connectivity index (χ1v) is 8.67.